The summed E-state index contributed by atoms with van der Waals surface area (Å²) in [6.07, 6.45) is 11.8. The minimum atomic E-state index is 0.749. The van der Waals surface area contributed by atoms with Gasteiger partial charge in [-0.1, -0.05) is 12.2 Å². The zero-order chi connectivity index (χ0) is 5.90. The van der Waals surface area contributed by atoms with Gasteiger partial charge in [-0.25, -0.2) is 0 Å². The molecule has 2 bridgehead atoms. The van der Waals surface area contributed by atoms with Crippen molar-refractivity contribution in [2.45, 2.75) is 19.3 Å². The Bertz CT molecular complexity index is 174. The molecule has 3 rings (SSSR count). The van der Waals surface area contributed by atoms with Crippen LogP contribution < -0.4 is 0 Å². The summed E-state index contributed by atoms with van der Waals surface area (Å²) in [4.78, 5) is 0. The molecule has 0 saturated heterocycles. The Labute approximate surface area is 56.0 Å². The lowest BCUT2D eigenvalue weighted by Gasteiger charge is -2.14. The second-order valence-electron chi connectivity index (χ2n) is 3.79. The standard InChI is InChI=1S/C9H11/c1-2-8-5-7(1)6-9(8)3-4-9/h1-2,6-8H,3-5H2. The number of fused-ring (bicyclic) bond motifs is 3. The Morgan fingerprint density at radius 2 is 2.11 bits per heavy atom. The van der Waals surface area contributed by atoms with Gasteiger partial charge in [0.05, 0.1) is 0 Å². The van der Waals surface area contributed by atoms with Crippen LogP contribution in [-0.4, -0.2) is 0 Å². The highest BCUT2D eigenvalue weighted by atomic mass is 14.6. The van der Waals surface area contributed by atoms with E-state index < -0.39 is 0 Å². The van der Waals surface area contributed by atoms with Gasteiger partial charge in [-0.05, 0) is 42.9 Å². The van der Waals surface area contributed by atoms with E-state index in [1.807, 2.05) is 0 Å². The lowest BCUT2D eigenvalue weighted by atomic mass is 9.91. The number of rotatable bonds is 0. The van der Waals surface area contributed by atoms with Crippen LogP contribution in [0, 0.1) is 23.7 Å². The van der Waals surface area contributed by atoms with Crippen molar-refractivity contribution in [2.75, 3.05) is 0 Å². The van der Waals surface area contributed by atoms with Crippen molar-refractivity contribution in [2.24, 2.45) is 17.3 Å². The first-order valence-corrected chi connectivity index (χ1v) is 3.93. The van der Waals surface area contributed by atoms with E-state index >= 15 is 0 Å². The highest BCUT2D eigenvalue weighted by Gasteiger charge is 2.55. The Hall–Kier alpha value is -0.260. The minimum Gasteiger partial charge on any atom is -0.0848 e. The summed E-state index contributed by atoms with van der Waals surface area (Å²) in [7, 11) is 0. The van der Waals surface area contributed by atoms with Gasteiger partial charge in [-0.2, -0.15) is 0 Å². The van der Waals surface area contributed by atoms with Crippen molar-refractivity contribution in [3.05, 3.63) is 18.6 Å². The van der Waals surface area contributed by atoms with E-state index in [1.165, 1.54) is 19.3 Å². The molecule has 2 fully saturated rings. The number of hydrogen-bond donors (Lipinski definition) is 0. The van der Waals surface area contributed by atoms with Crippen molar-refractivity contribution in [3.63, 3.8) is 0 Å². The molecule has 0 aliphatic heterocycles. The Morgan fingerprint density at radius 1 is 1.22 bits per heavy atom. The number of hydrogen-bond acceptors (Lipinski definition) is 0. The Balaban J connectivity index is 2.05. The molecule has 0 nitrogen and oxygen atoms in total. The van der Waals surface area contributed by atoms with Crippen molar-refractivity contribution < 1.29 is 0 Å². The Morgan fingerprint density at radius 3 is 2.44 bits per heavy atom. The molecule has 0 aromatic heterocycles. The van der Waals surface area contributed by atoms with E-state index in [-0.39, 0.29) is 0 Å². The van der Waals surface area contributed by atoms with Crippen molar-refractivity contribution in [3.8, 4) is 0 Å². The van der Waals surface area contributed by atoms with Crippen LogP contribution in [0.5, 0.6) is 0 Å². The topological polar surface area (TPSA) is 0 Å². The van der Waals surface area contributed by atoms with Crippen molar-refractivity contribution >= 4 is 0 Å². The highest BCUT2D eigenvalue weighted by molar-refractivity contribution is 5.28. The summed E-state index contributed by atoms with van der Waals surface area (Å²) < 4.78 is 0. The predicted octanol–water partition coefficient (Wildman–Crippen LogP) is 2.18. The van der Waals surface area contributed by atoms with Crippen molar-refractivity contribution in [1.29, 1.82) is 0 Å². The monoisotopic (exact) mass is 119 g/mol. The second kappa shape index (κ2) is 1.12. The molecule has 1 radical (unpaired) electrons. The van der Waals surface area contributed by atoms with E-state index in [4.69, 9.17) is 0 Å². The lowest BCUT2D eigenvalue weighted by Crippen LogP contribution is -2.06. The van der Waals surface area contributed by atoms with Gasteiger partial charge in [0.1, 0.15) is 0 Å². The quantitative estimate of drug-likeness (QED) is 0.429. The second-order valence-corrected chi connectivity index (χ2v) is 3.79. The van der Waals surface area contributed by atoms with Gasteiger partial charge in [-0.3, -0.25) is 0 Å². The average molecular weight is 119 g/mol. The summed E-state index contributed by atoms with van der Waals surface area (Å²) in [5.74, 6) is 1.83. The molecule has 0 heterocycles. The molecule has 0 amide bonds. The first-order valence-electron chi connectivity index (χ1n) is 3.93. The normalized spacial score (nSPS) is 48.9. The smallest absolute Gasteiger partial charge is 0.0168 e. The van der Waals surface area contributed by atoms with Crippen molar-refractivity contribution in [1.82, 2.24) is 0 Å². The van der Waals surface area contributed by atoms with Crippen LogP contribution in [0.25, 0.3) is 0 Å². The lowest BCUT2D eigenvalue weighted by molar-refractivity contribution is 0.492. The molecule has 1 spiro atoms. The van der Waals surface area contributed by atoms with Gasteiger partial charge in [0.2, 0.25) is 0 Å². The fraction of sp³-hybridized carbons (Fsp3) is 0.667. The van der Waals surface area contributed by atoms with Gasteiger partial charge in [0, 0.05) is 0 Å². The van der Waals surface area contributed by atoms with Crippen LogP contribution in [0.15, 0.2) is 12.2 Å². The molecule has 2 unspecified atom stereocenters. The zero-order valence-electron chi connectivity index (χ0n) is 5.51. The molecular weight excluding hydrogens is 108 g/mol. The molecule has 0 N–H and O–H groups in total. The number of allylic oxidation sites excluding steroid dienone is 2. The Kier molecular flexibility index (Phi) is 0.564. The summed E-state index contributed by atoms with van der Waals surface area (Å²) in [5.41, 5.74) is 0.749. The molecule has 3 aliphatic rings. The molecule has 0 aromatic carbocycles. The van der Waals surface area contributed by atoms with Crippen LogP contribution in [0.2, 0.25) is 0 Å². The molecule has 0 heteroatoms. The molecular formula is C9H11. The van der Waals surface area contributed by atoms with Crippen LogP contribution in [0.4, 0.5) is 0 Å². The molecule has 3 aliphatic carbocycles. The van der Waals surface area contributed by atoms with E-state index in [9.17, 15) is 0 Å². The van der Waals surface area contributed by atoms with E-state index in [0.29, 0.717) is 0 Å². The van der Waals surface area contributed by atoms with Gasteiger partial charge in [0.25, 0.3) is 0 Å². The molecule has 2 saturated carbocycles. The largest absolute Gasteiger partial charge is 0.0848 e. The van der Waals surface area contributed by atoms with Gasteiger partial charge >= 0.3 is 0 Å². The van der Waals surface area contributed by atoms with Crippen LogP contribution in [-0.2, 0) is 0 Å². The average Bonchev–Trinajstić information content (AvgIpc) is 2.40. The molecule has 47 valence electrons. The fourth-order valence-electron chi connectivity index (χ4n) is 2.51. The maximum atomic E-state index is 2.59. The van der Waals surface area contributed by atoms with Crippen LogP contribution >= 0.6 is 0 Å². The summed E-state index contributed by atoms with van der Waals surface area (Å²) >= 11 is 0. The van der Waals surface area contributed by atoms with E-state index in [2.05, 4.69) is 18.6 Å². The molecule has 9 heavy (non-hydrogen) atoms. The third-order valence-electron chi connectivity index (χ3n) is 3.23. The fourth-order valence-corrected chi connectivity index (χ4v) is 2.51. The predicted molar refractivity (Wildman–Crippen MR) is 36.7 cm³/mol. The van der Waals surface area contributed by atoms with Gasteiger partial charge in [0.15, 0.2) is 0 Å². The van der Waals surface area contributed by atoms with E-state index in [1.54, 1.807) is 0 Å². The maximum Gasteiger partial charge on any atom is -0.0168 e. The maximum absolute atomic E-state index is 2.59. The van der Waals surface area contributed by atoms with Crippen LogP contribution in [0.3, 0.4) is 0 Å². The molecule has 2 atom stereocenters. The van der Waals surface area contributed by atoms with Gasteiger partial charge in [-0.15, -0.1) is 0 Å². The van der Waals surface area contributed by atoms with Crippen LogP contribution in [0.1, 0.15) is 19.3 Å². The minimum absolute atomic E-state index is 0.749. The summed E-state index contributed by atoms with van der Waals surface area (Å²) in [5, 5.41) is 0. The zero-order valence-corrected chi connectivity index (χ0v) is 5.51. The highest BCUT2D eigenvalue weighted by Crippen LogP contribution is 2.65. The third kappa shape index (κ3) is 0.417. The first kappa shape index (κ1) is 4.54. The molecule has 0 aromatic rings. The van der Waals surface area contributed by atoms with Gasteiger partial charge < -0.3 is 0 Å². The summed E-state index contributed by atoms with van der Waals surface area (Å²) in [6.45, 7) is 0. The SMILES string of the molecule is [CH]1C2C=CC(C2)C12CC2. The van der Waals surface area contributed by atoms with E-state index in [0.717, 1.165) is 17.3 Å². The first-order chi connectivity index (χ1) is 4.39. The summed E-state index contributed by atoms with van der Waals surface area (Å²) in [6, 6.07) is 0. The third-order valence-corrected chi connectivity index (χ3v) is 3.23.